The lowest BCUT2D eigenvalue weighted by molar-refractivity contribution is 0.172. The van der Waals surface area contributed by atoms with E-state index < -0.39 is 0 Å². The fraction of sp³-hybridized carbons (Fsp3) is 0.769. The van der Waals surface area contributed by atoms with Crippen LogP contribution in [0.15, 0.2) is 12.3 Å². The van der Waals surface area contributed by atoms with Gasteiger partial charge in [-0.15, -0.1) is 0 Å². The molecule has 1 aliphatic rings. The highest BCUT2D eigenvalue weighted by atomic mass is 15.3. The molecule has 1 aromatic rings. The van der Waals surface area contributed by atoms with Gasteiger partial charge in [-0.25, -0.2) is 0 Å². The Kier molecular flexibility index (Phi) is 3.06. The van der Waals surface area contributed by atoms with Gasteiger partial charge in [0, 0.05) is 13.2 Å². The molecule has 0 amide bonds. The number of nitrogens with two attached hydrogens (primary N) is 1. The Morgan fingerprint density at radius 2 is 2.06 bits per heavy atom. The molecule has 1 atom stereocenters. The fourth-order valence-electron chi connectivity index (χ4n) is 2.63. The van der Waals surface area contributed by atoms with Gasteiger partial charge in [0.25, 0.3) is 0 Å². The zero-order valence-corrected chi connectivity index (χ0v) is 10.6. The van der Waals surface area contributed by atoms with Crippen molar-refractivity contribution in [1.82, 2.24) is 9.78 Å². The summed E-state index contributed by atoms with van der Waals surface area (Å²) in [5.74, 6) is 0.614. The molecule has 0 aliphatic heterocycles. The molecule has 0 aromatic carbocycles. The van der Waals surface area contributed by atoms with Crippen LogP contribution in [0.25, 0.3) is 0 Å². The van der Waals surface area contributed by atoms with Gasteiger partial charge in [0.05, 0.1) is 11.7 Å². The first-order chi connectivity index (χ1) is 7.48. The smallest absolute Gasteiger partial charge is 0.0794 e. The molecule has 2 N–H and O–H groups in total. The van der Waals surface area contributed by atoms with Crippen molar-refractivity contribution in [1.29, 1.82) is 0 Å². The van der Waals surface area contributed by atoms with Gasteiger partial charge >= 0.3 is 0 Å². The van der Waals surface area contributed by atoms with E-state index in [9.17, 15) is 0 Å². The van der Waals surface area contributed by atoms with Crippen LogP contribution >= 0.6 is 0 Å². The minimum absolute atomic E-state index is 0.122. The van der Waals surface area contributed by atoms with Crippen LogP contribution in [-0.2, 0) is 7.05 Å². The van der Waals surface area contributed by atoms with Crippen molar-refractivity contribution in [3.63, 3.8) is 0 Å². The lowest BCUT2D eigenvalue weighted by atomic mass is 9.71. The Labute approximate surface area is 98.0 Å². The quantitative estimate of drug-likeness (QED) is 0.834. The van der Waals surface area contributed by atoms with E-state index in [-0.39, 0.29) is 6.04 Å². The zero-order valence-electron chi connectivity index (χ0n) is 10.6. The number of nitrogens with zero attached hydrogens (tertiary/aromatic N) is 2. The van der Waals surface area contributed by atoms with Crippen LogP contribution in [0.1, 0.15) is 51.3 Å². The topological polar surface area (TPSA) is 43.8 Å². The Hall–Kier alpha value is -0.830. The predicted octanol–water partition coefficient (Wildman–Crippen LogP) is 2.64. The summed E-state index contributed by atoms with van der Waals surface area (Å²) in [7, 11) is 1.94. The Morgan fingerprint density at radius 1 is 1.44 bits per heavy atom. The molecule has 3 heteroatoms. The predicted molar refractivity (Wildman–Crippen MR) is 65.9 cm³/mol. The van der Waals surface area contributed by atoms with Crippen LogP contribution in [0.4, 0.5) is 0 Å². The van der Waals surface area contributed by atoms with Gasteiger partial charge in [0.15, 0.2) is 0 Å². The third-order valence-corrected chi connectivity index (χ3v) is 3.97. The van der Waals surface area contributed by atoms with E-state index in [1.165, 1.54) is 25.7 Å². The third kappa shape index (κ3) is 2.46. The van der Waals surface area contributed by atoms with Crippen LogP contribution in [-0.4, -0.2) is 9.78 Å². The summed E-state index contributed by atoms with van der Waals surface area (Å²) in [6, 6.07) is 2.17. The highest BCUT2D eigenvalue weighted by molar-refractivity contribution is 5.06. The van der Waals surface area contributed by atoms with Gasteiger partial charge in [-0.1, -0.05) is 13.8 Å². The fourth-order valence-corrected chi connectivity index (χ4v) is 2.63. The maximum Gasteiger partial charge on any atom is 0.0794 e. The lowest BCUT2D eigenvalue weighted by Gasteiger charge is -2.36. The van der Waals surface area contributed by atoms with E-state index in [0.717, 1.165) is 5.69 Å². The van der Waals surface area contributed by atoms with Crippen LogP contribution in [0.5, 0.6) is 0 Å². The largest absolute Gasteiger partial charge is 0.322 e. The average molecular weight is 221 g/mol. The Balaban J connectivity index is 1.99. The van der Waals surface area contributed by atoms with Crippen molar-refractivity contribution >= 4 is 0 Å². The molecular formula is C13H23N3. The van der Waals surface area contributed by atoms with Crippen molar-refractivity contribution in [3.05, 3.63) is 18.0 Å². The molecule has 16 heavy (non-hydrogen) atoms. The van der Waals surface area contributed by atoms with Crippen molar-refractivity contribution in [3.8, 4) is 0 Å². The van der Waals surface area contributed by atoms with Gasteiger partial charge < -0.3 is 5.73 Å². The summed E-state index contributed by atoms with van der Waals surface area (Å²) in [4.78, 5) is 0. The molecule has 2 rings (SSSR count). The molecule has 3 nitrogen and oxygen atoms in total. The van der Waals surface area contributed by atoms with Gasteiger partial charge in [-0.05, 0) is 43.1 Å². The zero-order chi connectivity index (χ0) is 11.8. The SMILES string of the molecule is Cn1ccc(C(N)C2CCC(C)(C)CC2)n1. The van der Waals surface area contributed by atoms with Crippen molar-refractivity contribution in [2.24, 2.45) is 24.1 Å². The van der Waals surface area contributed by atoms with E-state index in [0.29, 0.717) is 11.3 Å². The first-order valence-corrected chi connectivity index (χ1v) is 6.23. The number of hydrogen-bond donors (Lipinski definition) is 1. The number of aryl methyl sites for hydroxylation is 1. The molecular weight excluding hydrogens is 198 g/mol. The van der Waals surface area contributed by atoms with E-state index in [2.05, 4.69) is 18.9 Å². The van der Waals surface area contributed by atoms with Crippen molar-refractivity contribution < 1.29 is 0 Å². The van der Waals surface area contributed by atoms with E-state index >= 15 is 0 Å². The second-order valence-corrected chi connectivity index (χ2v) is 5.94. The molecule has 1 unspecified atom stereocenters. The van der Waals surface area contributed by atoms with Gasteiger partial charge in [0.2, 0.25) is 0 Å². The number of aromatic nitrogens is 2. The van der Waals surface area contributed by atoms with Crippen molar-refractivity contribution in [2.45, 2.75) is 45.6 Å². The second kappa shape index (κ2) is 4.21. The molecule has 0 bridgehead atoms. The maximum absolute atomic E-state index is 6.30. The first-order valence-electron chi connectivity index (χ1n) is 6.23. The molecule has 1 fully saturated rings. The third-order valence-electron chi connectivity index (χ3n) is 3.97. The minimum atomic E-state index is 0.122. The van der Waals surface area contributed by atoms with Crippen LogP contribution in [0.3, 0.4) is 0 Å². The molecule has 1 aromatic heterocycles. The highest BCUT2D eigenvalue weighted by Crippen LogP contribution is 2.41. The van der Waals surface area contributed by atoms with Gasteiger partial charge in [-0.2, -0.15) is 5.10 Å². The normalized spacial score (nSPS) is 23.2. The molecule has 0 spiro atoms. The van der Waals surface area contributed by atoms with E-state index in [1.807, 2.05) is 24.0 Å². The summed E-state index contributed by atoms with van der Waals surface area (Å²) < 4.78 is 1.84. The maximum atomic E-state index is 6.30. The molecule has 0 radical (unpaired) electrons. The van der Waals surface area contributed by atoms with Crippen LogP contribution in [0, 0.1) is 11.3 Å². The summed E-state index contributed by atoms with van der Waals surface area (Å²) >= 11 is 0. The summed E-state index contributed by atoms with van der Waals surface area (Å²) in [6.45, 7) is 4.71. The molecule has 90 valence electrons. The second-order valence-electron chi connectivity index (χ2n) is 5.94. The monoisotopic (exact) mass is 221 g/mol. The molecule has 1 aliphatic carbocycles. The molecule has 1 heterocycles. The van der Waals surface area contributed by atoms with Crippen LogP contribution < -0.4 is 5.73 Å². The molecule has 1 saturated carbocycles. The first kappa shape index (κ1) is 11.6. The minimum Gasteiger partial charge on any atom is -0.322 e. The van der Waals surface area contributed by atoms with Crippen LogP contribution in [0.2, 0.25) is 0 Å². The lowest BCUT2D eigenvalue weighted by Crippen LogP contribution is -2.29. The number of rotatable bonds is 2. The van der Waals surface area contributed by atoms with Gasteiger partial charge in [0.1, 0.15) is 0 Å². The summed E-state index contributed by atoms with van der Waals surface area (Å²) in [6.07, 6.45) is 7.04. The summed E-state index contributed by atoms with van der Waals surface area (Å²) in [5, 5.41) is 4.41. The Morgan fingerprint density at radius 3 is 2.56 bits per heavy atom. The van der Waals surface area contributed by atoms with E-state index in [4.69, 9.17) is 5.73 Å². The average Bonchev–Trinajstić information content (AvgIpc) is 2.64. The Bertz CT molecular complexity index is 344. The molecule has 0 saturated heterocycles. The van der Waals surface area contributed by atoms with E-state index in [1.54, 1.807) is 0 Å². The number of hydrogen-bond acceptors (Lipinski definition) is 2. The van der Waals surface area contributed by atoms with Gasteiger partial charge in [-0.3, -0.25) is 4.68 Å². The summed E-state index contributed by atoms with van der Waals surface area (Å²) in [5.41, 5.74) is 7.86. The highest BCUT2D eigenvalue weighted by Gasteiger charge is 2.31. The van der Waals surface area contributed by atoms with Crippen molar-refractivity contribution in [2.75, 3.05) is 0 Å². The standard InChI is InChI=1S/C13H23N3/c1-13(2)7-4-10(5-8-13)12(14)11-6-9-16(3)15-11/h6,9-10,12H,4-5,7-8,14H2,1-3H3.